The molecule has 1 atom stereocenters. The molecule has 8 nitrogen and oxygen atoms in total. The number of ether oxygens (including phenoxy) is 2. The number of aromatic nitrogens is 2. The summed E-state index contributed by atoms with van der Waals surface area (Å²) in [6.07, 6.45) is 2.39. The van der Waals surface area contributed by atoms with Gasteiger partial charge in [-0.1, -0.05) is 41.9 Å². The van der Waals surface area contributed by atoms with Crippen LogP contribution >= 0.6 is 0 Å². The molecule has 1 N–H and O–H groups in total. The van der Waals surface area contributed by atoms with Crippen molar-refractivity contribution < 1.29 is 18.8 Å². The third kappa shape index (κ3) is 6.00. The first-order valence-corrected chi connectivity index (χ1v) is 12.1. The maximum Gasteiger partial charge on any atom is 0.241 e. The van der Waals surface area contributed by atoms with E-state index in [-0.39, 0.29) is 17.9 Å². The van der Waals surface area contributed by atoms with Crippen LogP contribution in [0.2, 0.25) is 0 Å². The van der Waals surface area contributed by atoms with Gasteiger partial charge in [0.05, 0.1) is 26.8 Å². The number of hydrogen-bond acceptors (Lipinski definition) is 7. The minimum atomic E-state index is -0.0706. The van der Waals surface area contributed by atoms with Gasteiger partial charge in [-0.3, -0.25) is 9.69 Å². The summed E-state index contributed by atoms with van der Waals surface area (Å²) in [5.41, 5.74) is 3.12. The monoisotopic (exact) mass is 478 g/mol. The molecule has 0 aliphatic carbocycles. The molecule has 1 aromatic heterocycles. The van der Waals surface area contributed by atoms with Gasteiger partial charge in [0.2, 0.25) is 17.6 Å². The Morgan fingerprint density at radius 2 is 1.91 bits per heavy atom. The third-order valence-corrected chi connectivity index (χ3v) is 6.60. The minimum absolute atomic E-state index is 0.00835. The van der Waals surface area contributed by atoms with E-state index in [9.17, 15) is 4.79 Å². The predicted octanol–water partition coefficient (Wildman–Crippen LogP) is 4.54. The summed E-state index contributed by atoms with van der Waals surface area (Å²) >= 11 is 0. The molecule has 35 heavy (non-hydrogen) atoms. The van der Waals surface area contributed by atoms with Gasteiger partial charge < -0.3 is 19.3 Å². The van der Waals surface area contributed by atoms with Gasteiger partial charge >= 0.3 is 0 Å². The van der Waals surface area contributed by atoms with Crippen molar-refractivity contribution in [1.29, 1.82) is 0 Å². The molecule has 2 heterocycles. The average Bonchev–Trinajstić information content (AvgIpc) is 3.35. The topological polar surface area (TPSA) is 89.7 Å². The van der Waals surface area contributed by atoms with E-state index in [1.54, 1.807) is 14.2 Å². The normalized spacial score (nSPS) is 15.5. The lowest BCUT2D eigenvalue weighted by molar-refractivity contribution is -0.127. The molecule has 1 aliphatic rings. The van der Waals surface area contributed by atoms with Gasteiger partial charge in [-0.05, 0) is 63.0 Å². The molecule has 1 amide bonds. The smallest absolute Gasteiger partial charge is 0.241 e. The van der Waals surface area contributed by atoms with Crippen molar-refractivity contribution in [3.8, 4) is 22.9 Å². The van der Waals surface area contributed by atoms with Gasteiger partial charge in [0.1, 0.15) is 0 Å². The Morgan fingerprint density at radius 3 is 2.60 bits per heavy atom. The fraction of sp³-hybridized carbons (Fsp3) is 0.444. The van der Waals surface area contributed by atoms with Crippen LogP contribution in [-0.4, -0.2) is 48.3 Å². The van der Waals surface area contributed by atoms with Gasteiger partial charge in [-0.2, -0.15) is 4.98 Å². The second kappa shape index (κ2) is 11.4. The van der Waals surface area contributed by atoms with Crippen LogP contribution in [0.15, 0.2) is 47.0 Å². The molecule has 4 rings (SSSR count). The number of aryl methyl sites for hydroxylation is 1. The zero-order valence-corrected chi connectivity index (χ0v) is 20.9. The first kappa shape index (κ1) is 24.7. The highest BCUT2D eigenvalue weighted by Crippen LogP contribution is 2.31. The summed E-state index contributed by atoms with van der Waals surface area (Å²) in [5.74, 6) is 2.65. The summed E-state index contributed by atoms with van der Waals surface area (Å²) in [6, 6.07) is 13.8. The Bertz CT molecular complexity index is 1140. The van der Waals surface area contributed by atoms with E-state index in [1.165, 1.54) is 0 Å². The number of piperidine rings is 1. The lowest BCUT2D eigenvalue weighted by Gasteiger charge is -2.31. The number of carbonyl (C=O) groups excluding carboxylic acids is 1. The van der Waals surface area contributed by atoms with Crippen LogP contribution in [0.1, 0.15) is 49.2 Å². The predicted molar refractivity (Wildman–Crippen MR) is 133 cm³/mol. The number of hydrogen-bond donors (Lipinski definition) is 1. The van der Waals surface area contributed by atoms with Crippen molar-refractivity contribution in [2.75, 3.05) is 27.3 Å². The van der Waals surface area contributed by atoms with Gasteiger partial charge in [0.15, 0.2) is 11.5 Å². The van der Waals surface area contributed by atoms with Crippen LogP contribution in [0.25, 0.3) is 11.4 Å². The maximum absolute atomic E-state index is 13.0. The zero-order chi connectivity index (χ0) is 24.8. The molecule has 1 unspecified atom stereocenters. The molecule has 1 fully saturated rings. The van der Waals surface area contributed by atoms with Crippen LogP contribution < -0.4 is 14.8 Å². The Balaban J connectivity index is 1.30. The van der Waals surface area contributed by atoms with Crippen molar-refractivity contribution in [2.45, 2.75) is 45.7 Å². The van der Waals surface area contributed by atoms with Crippen LogP contribution in [0.4, 0.5) is 0 Å². The van der Waals surface area contributed by atoms with Crippen molar-refractivity contribution in [3.63, 3.8) is 0 Å². The van der Waals surface area contributed by atoms with Crippen molar-refractivity contribution in [3.05, 3.63) is 59.5 Å². The number of benzene rings is 2. The molecule has 186 valence electrons. The first-order valence-electron chi connectivity index (χ1n) is 12.1. The molecule has 0 radical (unpaired) electrons. The van der Waals surface area contributed by atoms with E-state index >= 15 is 0 Å². The highest BCUT2D eigenvalue weighted by molar-refractivity contribution is 5.79. The number of rotatable bonds is 9. The second-order valence-corrected chi connectivity index (χ2v) is 9.02. The van der Waals surface area contributed by atoms with E-state index in [2.05, 4.69) is 27.3 Å². The number of carbonyl (C=O) groups is 1. The molecule has 1 saturated heterocycles. The Labute approximate surface area is 206 Å². The molecule has 0 bridgehead atoms. The van der Waals surface area contributed by atoms with Crippen molar-refractivity contribution in [1.82, 2.24) is 20.4 Å². The van der Waals surface area contributed by atoms with Gasteiger partial charge in [0.25, 0.3) is 0 Å². The third-order valence-electron chi connectivity index (χ3n) is 6.60. The second-order valence-electron chi connectivity index (χ2n) is 9.02. The van der Waals surface area contributed by atoms with Crippen LogP contribution in [-0.2, 0) is 11.3 Å². The SMILES string of the molecule is CCC(NC(=O)C1CCN(Cc2nc(-c3cccc(C)c3)no2)CC1)c1ccc(OC)c(OC)c1. The number of nitrogens with one attached hydrogen (secondary N) is 1. The van der Waals surface area contributed by atoms with Crippen LogP contribution in [0, 0.1) is 12.8 Å². The molecule has 0 saturated carbocycles. The molecular formula is C27H34N4O4. The lowest BCUT2D eigenvalue weighted by Crippen LogP contribution is -2.41. The minimum Gasteiger partial charge on any atom is -0.493 e. The summed E-state index contributed by atoms with van der Waals surface area (Å²) in [6.45, 7) is 6.33. The van der Waals surface area contributed by atoms with Crippen molar-refractivity contribution >= 4 is 5.91 Å². The fourth-order valence-corrected chi connectivity index (χ4v) is 4.55. The maximum atomic E-state index is 13.0. The molecule has 1 aliphatic heterocycles. The Kier molecular flexibility index (Phi) is 8.02. The van der Waals surface area contributed by atoms with Crippen molar-refractivity contribution in [2.24, 2.45) is 5.92 Å². The zero-order valence-electron chi connectivity index (χ0n) is 20.9. The molecule has 8 heteroatoms. The highest BCUT2D eigenvalue weighted by atomic mass is 16.5. The first-order chi connectivity index (χ1) is 17.0. The van der Waals surface area contributed by atoms with E-state index in [0.29, 0.717) is 29.8 Å². The molecule has 3 aromatic rings. The molecular weight excluding hydrogens is 444 g/mol. The number of likely N-dealkylation sites (tertiary alicyclic amines) is 1. The fourth-order valence-electron chi connectivity index (χ4n) is 4.55. The Hall–Kier alpha value is -3.39. The quantitative estimate of drug-likeness (QED) is 0.483. The number of nitrogens with zero attached hydrogens (tertiary/aromatic N) is 3. The van der Waals surface area contributed by atoms with Gasteiger partial charge in [0, 0.05) is 11.5 Å². The molecule has 0 spiro atoms. The van der Waals surface area contributed by atoms with E-state index in [4.69, 9.17) is 14.0 Å². The van der Waals surface area contributed by atoms with E-state index in [1.807, 2.05) is 49.4 Å². The van der Waals surface area contributed by atoms with E-state index in [0.717, 1.165) is 49.0 Å². The summed E-state index contributed by atoms with van der Waals surface area (Å²) in [4.78, 5) is 19.9. The van der Waals surface area contributed by atoms with Gasteiger partial charge in [-0.15, -0.1) is 0 Å². The standard InChI is InChI=1S/C27H34N4O4/c1-5-22(20-9-10-23(33-3)24(16-20)34-4)28-27(32)19-11-13-31(14-12-19)17-25-29-26(30-35-25)21-8-6-7-18(2)15-21/h6-10,15-16,19,22H,5,11-14,17H2,1-4H3,(H,28,32). The largest absolute Gasteiger partial charge is 0.493 e. The summed E-state index contributed by atoms with van der Waals surface area (Å²) in [7, 11) is 3.23. The summed E-state index contributed by atoms with van der Waals surface area (Å²) < 4.78 is 16.2. The molecule has 2 aromatic carbocycles. The summed E-state index contributed by atoms with van der Waals surface area (Å²) in [5, 5.41) is 7.37. The van der Waals surface area contributed by atoms with Crippen LogP contribution in [0.5, 0.6) is 11.5 Å². The highest BCUT2D eigenvalue weighted by Gasteiger charge is 2.27. The van der Waals surface area contributed by atoms with Gasteiger partial charge in [-0.25, -0.2) is 0 Å². The Morgan fingerprint density at radius 1 is 1.14 bits per heavy atom. The van der Waals surface area contributed by atoms with E-state index < -0.39 is 0 Å². The number of amides is 1. The van der Waals surface area contributed by atoms with Crippen LogP contribution in [0.3, 0.4) is 0 Å². The lowest BCUT2D eigenvalue weighted by atomic mass is 9.94. The average molecular weight is 479 g/mol. The number of methoxy groups -OCH3 is 2.